The van der Waals surface area contributed by atoms with Gasteiger partial charge < -0.3 is 10.0 Å². The van der Waals surface area contributed by atoms with Crippen molar-refractivity contribution in [2.24, 2.45) is 5.92 Å². The maximum atomic E-state index is 13.0. The molecular weight excluding hydrogens is 554 g/mol. The van der Waals surface area contributed by atoms with Crippen molar-refractivity contribution in [1.29, 1.82) is 0 Å². The number of carbonyl (C=O) groups excluding carboxylic acids is 2. The van der Waals surface area contributed by atoms with E-state index >= 15 is 0 Å². The molecule has 0 aromatic carbocycles. The number of aliphatic hydroxyl groups excluding tert-OH is 1. The van der Waals surface area contributed by atoms with Crippen LogP contribution in [0.15, 0.2) is 72.9 Å². The third-order valence-corrected chi connectivity index (χ3v) is 7.83. The summed E-state index contributed by atoms with van der Waals surface area (Å²) < 4.78 is 0. The lowest BCUT2D eigenvalue weighted by Gasteiger charge is -2.24. The molecule has 0 radical (unpaired) electrons. The average molecular weight is 624 g/mol. The topological polar surface area (TPSA) is 57.6 Å². The van der Waals surface area contributed by atoms with Gasteiger partial charge in [0, 0.05) is 19.4 Å². The molecule has 0 spiro atoms. The van der Waals surface area contributed by atoms with E-state index in [2.05, 4.69) is 86.8 Å². The van der Waals surface area contributed by atoms with Crippen molar-refractivity contribution in [2.75, 3.05) is 20.6 Å². The number of allylic oxidation sites excluding steroid dienone is 12. The highest BCUT2D eigenvalue weighted by Crippen LogP contribution is 2.17. The van der Waals surface area contributed by atoms with Crippen LogP contribution < -0.4 is 0 Å². The van der Waals surface area contributed by atoms with Crippen LogP contribution in [-0.4, -0.2) is 48.3 Å². The maximum absolute atomic E-state index is 13.0. The minimum Gasteiger partial charge on any atom is -0.385 e. The second kappa shape index (κ2) is 33.1. The van der Waals surface area contributed by atoms with Crippen LogP contribution in [0.4, 0.5) is 0 Å². The lowest BCUT2D eigenvalue weighted by molar-refractivity contribution is -0.138. The minimum atomic E-state index is -1.18. The van der Waals surface area contributed by atoms with Crippen LogP contribution in [0, 0.1) is 5.92 Å². The molecule has 0 fully saturated rings. The fourth-order valence-electron chi connectivity index (χ4n) is 5.17. The molecule has 1 N–H and O–H groups in total. The van der Waals surface area contributed by atoms with Crippen molar-refractivity contribution in [1.82, 2.24) is 4.90 Å². The predicted octanol–water partition coefficient (Wildman–Crippen LogP) is 10.8. The molecule has 0 aliphatic rings. The van der Waals surface area contributed by atoms with Gasteiger partial charge in [0.25, 0.3) is 0 Å². The average Bonchev–Trinajstić information content (AvgIpc) is 3.02. The Morgan fingerprint density at radius 2 is 0.867 bits per heavy atom. The zero-order chi connectivity index (χ0) is 33.2. The first-order chi connectivity index (χ1) is 21.9. The largest absolute Gasteiger partial charge is 0.385 e. The van der Waals surface area contributed by atoms with Gasteiger partial charge in [-0.3, -0.25) is 9.59 Å². The van der Waals surface area contributed by atoms with Gasteiger partial charge in [-0.1, -0.05) is 125 Å². The molecule has 0 saturated heterocycles. The highest BCUT2D eigenvalue weighted by atomic mass is 16.3. The first-order valence-corrected chi connectivity index (χ1v) is 18.2. The summed E-state index contributed by atoms with van der Waals surface area (Å²) in [6.45, 7) is 4.72. The zero-order valence-electron chi connectivity index (χ0n) is 29.6. The molecule has 0 bridgehead atoms. The van der Waals surface area contributed by atoms with Gasteiger partial charge in [0.15, 0.2) is 5.78 Å². The van der Waals surface area contributed by atoms with E-state index in [1.807, 2.05) is 19.0 Å². The Kier molecular flexibility index (Phi) is 31.4. The molecule has 0 heterocycles. The van der Waals surface area contributed by atoms with Gasteiger partial charge in [-0.2, -0.15) is 0 Å². The van der Waals surface area contributed by atoms with E-state index in [1.54, 1.807) is 0 Å². The lowest BCUT2D eigenvalue weighted by Crippen LogP contribution is -2.41. The van der Waals surface area contributed by atoms with E-state index in [9.17, 15) is 14.7 Å². The van der Waals surface area contributed by atoms with Crippen LogP contribution in [0.3, 0.4) is 0 Å². The summed E-state index contributed by atoms with van der Waals surface area (Å²) in [6.07, 6.45) is 45.3. The SMILES string of the molecule is CC/C=C\C/C=C\C/C=C\CCCCCCCC(=O)C(O)C(CN(C)C)C(=O)CCCCCCC/C=C\C/C=C\C/C=C\CC. The minimum absolute atomic E-state index is 0.0302. The zero-order valence-corrected chi connectivity index (χ0v) is 29.6. The molecular formula is C41H69NO3. The maximum Gasteiger partial charge on any atom is 0.162 e. The van der Waals surface area contributed by atoms with Gasteiger partial charge in [-0.25, -0.2) is 0 Å². The molecule has 0 aromatic rings. The summed E-state index contributed by atoms with van der Waals surface area (Å²) >= 11 is 0. The smallest absolute Gasteiger partial charge is 0.162 e. The first-order valence-electron chi connectivity index (χ1n) is 18.2. The van der Waals surface area contributed by atoms with Crippen molar-refractivity contribution >= 4 is 11.6 Å². The number of hydrogen-bond donors (Lipinski definition) is 1. The molecule has 0 amide bonds. The summed E-state index contributed by atoms with van der Waals surface area (Å²) in [5.74, 6) is -0.764. The third-order valence-electron chi connectivity index (χ3n) is 7.83. The summed E-state index contributed by atoms with van der Waals surface area (Å²) in [5, 5.41) is 10.8. The van der Waals surface area contributed by atoms with Gasteiger partial charge in [-0.05, 0) is 91.1 Å². The number of hydrogen-bond acceptors (Lipinski definition) is 4. The first kappa shape index (κ1) is 42.7. The van der Waals surface area contributed by atoms with E-state index in [0.29, 0.717) is 19.4 Å². The molecule has 45 heavy (non-hydrogen) atoms. The predicted molar refractivity (Wildman–Crippen MR) is 197 cm³/mol. The molecule has 0 aliphatic carbocycles. The normalized spacial score (nSPS) is 14.1. The third kappa shape index (κ3) is 28.9. The van der Waals surface area contributed by atoms with Gasteiger partial charge >= 0.3 is 0 Å². The monoisotopic (exact) mass is 624 g/mol. The summed E-state index contributed by atoms with van der Waals surface area (Å²) in [7, 11) is 3.79. The number of ketones is 2. The highest BCUT2D eigenvalue weighted by molar-refractivity contribution is 5.91. The molecule has 0 saturated carbocycles. The molecule has 4 heteroatoms. The fourth-order valence-corrected chi connectivity index (χ4v) is 5.17. The quantitative estimate of drug-likeness (QED) is 0.0616. The second-order valence-electron chi connectivity index (χ2n) is 12.4. The summed E-state index contributed by atoms with van der Waals surface area (Å²) in [6, 6.07) is 0. The number of unbranched alkanes of at least 4 members (excludes halogenated alkanes) is 10. The van der Waals surface area contributed by atoms with Gasteiger partial charge in [0.1, 0.15) is 11.9 Å². The Hall–Kier alpha value is -2.30. The number of nitrogens with zero attached hydrogens (tertiary/aromatic N) is 1. The molecule has 0 aromatic heterocycles. The van der Waals surface area contributed by atoms with E-state index in [4.69, 9.17) is 0 Å². The molecule has 2 unspecified atom stereocenters. The Morgan fingerprint density at radius 1 is 0.511 bits per heavy atom. The van der Waals surface area contributed by atoms with Crippen LogP contribution in [0.25, 0.3) is 0 Å². The lowest BCUT2D eigenvalue weighted by atomic mass is 9.89. The summed E-state index contributed by atoms with van der Waals surface area (Å²) in [5.41, 5.74) is 0. The van der Waals surface area contributed by atoms with Crippen molar-refractivity contribution in [3.8, 4) is 0 Å². The Bertz CT molecular complexity index is 877. The van der Waals surface area contributed by atoms with E-state index < -0.39 is 12.0 Å². The van der Waals surface area contributed by atoms with E-state index in [0.717, 1.165) is 96.3 Å². The standard InChI is InChI=1S/C41H69NO3/c1-5-7-9-11-13-15-17-19-21-23-25-27-29-31-33-35-39(43)38(37-42(3)4)41(45)40(44)36-34-32-30-28-26-24-22-20-18-16-14-12-10-8-6-2/h7-10,13-16,19-22,38,41,45H,5-6,11-12,17-18,23-37H2,1-4H3/b9-7-,10-8-,15-13-,16-14-,21-19-,22-20-. The molecule has 0 rings (SSSR count). The van der Waals surface area contributed by atoms with Crippen LogP contribution in [0.2, 0.25) is 0 Å². The molecule has 2 atom stereocenters. The van der Waals surface area contributed by atoms with Gasteiger partial charge in [0.2, 0.25) is 0 Å². The Morgan fingerprint density at radius 3 is 1.29 bits per heavy atom. The number of rotatable bonds is 31. The van der Waals surface area contributed by atoms with Crippen molar-refractivity contribution in [3.63, 3.8) is 0 Å². The van der Waals surface area contributed by atoms with Crippen molar-refractivity contribution in [3.05, 3.63) is 72.9 Å². The number of carbonyl (C=O) groups is 2. The van der Waals surface area contributed by atoms with Crippen LogP contribution in [0.5, 0.6) is 0 Å². The van der Waals surface area contributed by atoms with Crippen LogP contribution >= 0.6 is 0 Å². The van der Waals surface area contributed by atoms with E-state index in [1.165, 1.54) is 19.3 Å². The van der Waals surface area contributed by atoms with Gasteiger partial charge in [0.05, 0.1) is 5.92 Å². The summed E-state index contributed by atoms with van der Waals surface area (Å²) in [4.78, 5) is 27.7. The molecule has 0 aliphatic heterocycles. The van der Waals surface area contributed by atoms with Crippen LogP contribution in [-0.2, 0) is 9.59 Å². The number of Topliss-reactive ketones (excluding diaryl/α,β-unsaturated/α-hetero) is 2. The van der Waals surface area contributed by atoms with Crippen LogP contribution in [0.1, 0.15) is 142 Å². The molecule has 4 nitrogen and oxygen atoms in total. The second-order valence-corrected chi connectivity index (χ2v) is 12.4. The highest BCUT2D eigenvalue weighted by Gasteiger charge is 2.31. The molecule has 256 valence electrons. The van der Waals surface area contributed by atoms with Crippen molar-refractivity contribution in [2.45, 2.75) is 148 Å². The van der Waals surface area contributed by atoms with Gasteiger partial charge in [-0.15, -0.1) is 0 Å². The fraction of sp³-hybridized carbons (Fsp3) is 0.659. The van der Waals surface area contributed by atoms with E-state index in [-0.39, 0.29) is 11.6 Å². The van der Waals surface area contributed by atoms with Crippen molar-refractivity contribution < 1.29 is 14.7 Å². The number of aliphatic hydroxyl groups is 1. The Labute approximate surface area is 278 Å². The Balaban J connectivity index is 4.07.